The van der Waals surface area contributed by atoms with Crippen LogP contribution in [0.1, 0.15) is 39.7 Å². The minimum atomic E-state index is -1.06. The molecule has 0 unspecified atom stereocenters. The van der Waals surface area contributed by atoms with Gasteiger partial charge in [0.25, 0.3) is 5.91 Å². The predicted octanol–water partition coefficient (Wildman–Crippen LogP) is 2.18. The van der Waals surface area contributed by atoms with Crippen molar-refractivity contribution < 1.29 is 23.9 Å². The molecule has 1 aromatic rings. The third-order valence-corrected chi connectivity index (χ3v) is 3.19. The second-order valence-electron chi connectivity index (χ2n) is 6.64. The molecule has 0 saturated carbocycles. The van der Waals surface area contributed by atoms with E-state index in [-0.39, 0.29) is 6.42 Å². The summed E-state index contributed by atoms with van der Waals surface area (Å²) in [6, 6.07) is 6.74. The average Bonchev–Trinajstić information content (AvgIpc) is 2.51. The van der Waals surface area contributed by atoms with E-state index < -0.39 is 29.6 Å². The van der Waals surface area contributed by atoms with Crippen LogP contribution < -0.4 is 15.4 Å². The van der Waals surface area contributed by atoms with Gasteiger partial charge in [-0.15, -0.1) is 0 Å². The summed E-state index contributed by atoms with van der Waals surface area (Å²) in [4.78, 5) is 35.4. The van der Waals surface area contributed by atoms with Crippen LogP contribution in [0.15, 0.2) is 24.3 Å². The van der Waals surface area contributed by atoms with E-state index >= 15 is 0 Å². The van der Waals surface area contributed by atoms with Gasteiger partial charge < -0.3 is 14.8 Å². The zero-order valence-electron chi connectivity index (χ0n) is 15.3. The molecule has 0 heterocycles. The second kappa shape index (κ2) is 9.05. The Kier molecular flexibility index (Phi) is 7.42. The minimum Gasteiger partial charge on any atom is -0.496 e. The maximum Gasteiger partial charge on any atom is 0.321 e. The van der Waals surface area contributed by atoms with Crippen LogP contribution in [-0.4, -0.2) is 36.7 Å². The van der Waals surface area contributed by atoms with Crippen molar-refractivity contribution in [1.82, 2.24) is 10.6 Å². The first kappa shape index (κ1) is 20.5. The first-order valence-electron chi connectivity index (χ1n) is 8.07. The van der Waals surface area contributed by atoms with Crippen LogP contribution in [0.25, 0.3) is 0 Å². The average molecular weight is 350 g/mol. The molecule has 0 aliphatic carbocycles. The van der Waals surface area contributed by atoms with Crippen LogP contribution in [0, 0.1) is 0 Å². The van der Waals surface area contributed by atoms with Crippen molar-refractivity contribution in [3.63, 3.8) is 0 Å². The third kappa shape index (κ3) is 7.69. The van der Waals surface area contributed by atoms with Gasteiger partial charge in [-0.3, -0.25) is 14.9 Å². The monoisotopic (exact) mass is 350 g/mol. The van der Waals surface area contributed by atoms with Crippen molar-refractivity contribution in [3.05, 3.63) is 29.8 Å². The van der Waals surface area contributed by atoms with E-state index in [1.807, 2.05) is 24.3 Å². The number of methoxy groups -OCH3 is 1. The van der Waals surface area contributed by atoms with Crippen molar-refractivity contribution in [2.24, 2.45) is 0 Å². The lowest BCUT2D eigenvalue weighted by Crippen LogP contribution is -2.50. The maximum absolute atomic E-state index is 11.9. The van der Waals surface area contributed by atoms with E-state index in [4.69, 9.17) is 9.47 Å². The Labute approximate surface area is 148 Å². The Morgan fingerprint density at radius 1 is 1.16 bits per heavy atom. The quantitative estimate of drug-likeness (QED) is 0.767. The summed E-state index contributed by atoms with van der Waals surface area (Å²) in [5.74, 6) is -0.503. The van der Waals surface area contributed by atoms with Gasteiger partial charge in [-0.05, 0) is 45.7 Å². The highest BCUT2D eigenvalue weighted by Crippen LogP contribution is 2.19. The summed E-state index contributed by atoms with van der Waals surface area (Å²) in [6.45, 7) is 6.79. The molecule has 0 bridgehead atoms. The number of imide groups is 1. The second-order valence-corrected chi connectivity index (χ2v) is 6.64. The van der Waals surface area contributed by atoms with E-state index in [2.05, 4.69) is 10.6 Å². The highest BCUT2D eigenvalue weighted by Gasteiger charge is 2.22. The molecule has 7 nitrogen and oxygen atoms in total. The van der Waals surface area contributed by atoms with E-state index in [0.29, 0.717) is 12.2 Å². The van der Waals surface area contributed by atoms with Gasteiger partial charge in [0.2, 0.25) is 0 Å². The van der Waals surface area contributed by atoms with Gasteiger partial charge >= 0.3 is 12.0 Å². The van der Waals surface area contributed by atoms with Crippen LogP contribution in [0.4, 0.5) is 4.79 Å². The number of nitrogens with one attached hydrogen (secondary N) is 2. The smallest absolute Gasteiger partial charge is 0.321 e. The summed E-state index contributed by atoms with van der Waals surface area (Å²) in [5, 5.41) is 4.74. The molecule has 0 aliphatic rings. The SMILES string of the molecule is COc1ccccc1CCC(=O)O[C@H](C)C(=O)NC(=O)NC(C)(C)C. The number of carbonyl (C=O) groups is 3. The molecule has 1 aromatic carbocycles. The van der Waals surface area contributed by atoms with Crippen LogP contribution in [0.3, 0.4) is 0 Å². The number of hydrogen-bond donors (Lipinski definition) is 2. The van der Waals surface area contributed by atoms with Crippen molar-refractivity contribution >= 4 is 17.9 Å². The molecule has 25 heavy (non-hydrogen) atoms. The Balaban J connectivity index is 2.45. The fourth-order valence-corrected chi connectivity index (χ4v) is 2.04. The largest absolute Gasteiger partial charge is 0.496 e. The molecule has 0 fully saturated rings. The van der Waals surface area contributed by atoms with Crippen molar-refractivity contribution in [1.29, 1.82) is 0 Å². The highest BCUT2D eigenvalue weighted by molar-refractivity contribution is 5.97. The van der Waals surface area contributed by atoms with Crippen LogP contribution in [0.5, 0.6) is 5.75 Å². The van der Waals surface area contributed by atoms with Crippen LogP contribution in [0.2, 0.25) is 0 Å². The van der Waals surface area contributed by atoms with Gasteiger partial charge in [0.05, 0.1) is 7.11 Å². The van der Waals surface area contributed by atoms with Gasteiger partial charge in [0.1, 0.15) is 5.75 Å². The molecule has 7 heteroatoms. The molecule has 0 aromatic heterocycles. The molecule has 1 atom stereocenters. The van der Waals surface area contributed by atoms with Crippen LogP contribution >= 0.6 is 0 Å². The van der Waals surface area contributed by atoms with E-state index in [1.165, 1.54) is 6.92 Å². The fourth-order valence-electron chi connectivity index (χ4n) is 2.04. The zero-order chi connectivity index (χ0) is 19.0. The summed E-state index contributed by atoms with van der Waals surface area (Å²) >= 11 is 0. The molecule has 138 valence electrons. The number of hydrogen-bond acceptors (Lipinski definition) is 5. The highest BCUT2D eigenvalue weighted by atomic mass is 16.5. The molecule has 2 N–H and O–H groups in total. The number of rotatable bonds is 6. The van der Waals surface area contributed by atoms with Crippen molar-refractivity contribution in [2.75, 3.05) is 7.11 Å². The predicted molar refractivity (Wildman–Crippen MR) is 93.3 cm³/mol. The van der Waals surface area contributed by atoms with Gasteiger partial charge in [-0.1, -0.05) is 18.2 Å². The molecule has 0 saturated heterocycles. The van der Waals surface area contributed by atoms with Crippen LogP contribution in [-0.2, 0) is 20.7 Å². The number of ether oxygens (including phenoxy) is 2. The number of urea groups is 1. The van der Waals surface area contributed by atoms with Gasteiger partial charge in [-0.25, -0.2) is 4.79 Å². The maximum atomic E-state index is 11.9. The molecule has 0 aliphatic heterocycles. The van der Waals surface area contributed by atoms with Crippen molar-refractivity contribution in [3.8, 4) is 5.75 Å². The molecular formula is C18H26N2O5. The number of aryl methyl sites for hydroxylation is 1. The van der Waals surface area contributed by atoms with Gasteiger partial charge in [-0.2, -0.15) is 0 Å². The number of carbonyl (C=O) groups excluding carboxylic acids is 3. The van der Waals surface area contributed by atoms with Crippen molar-refractivity contribution in [2.45, 2.75) is 52.2 Å². The first-order valence-corrected chi connectivity index (χ1v) is 8.07. The topological polar surface area (TPSA) is 93.7 Å². The normalized spacial score (nSPS) is 12.0. The molecule has 0 radical (unpaired) electrons. The lowest BCUT2D eigenvalue weighted by atomic mass is 10.1. The minimum absolute atomic E-state index is 0.103. The lowest BCUT2D eigenvalue weighted by molar-refractivity contribution is -0.154. The number of amides is 3. The Bertz CT molecular complexity index is 622. The summed E-state index contributed by atoms with van der Waals surface area (Å²) < 4.78 is 10.3. The summed E-state index contributed by atoms with van der Waals surface area (Å²) in [7, 11) is 1.56. The fraction of sp³-hybridized carbons (Fsp3) is 0.500. The van der Waals surface area contributed by atoms with Gasteiger partial charge in [0, 0.05) is 12.0 Å². The standard InChI is InChI=1S/C18H26N2O5/c1-12(16(22)19-17(23)20-18(2,3)4)25-15(21)11-10-13-8-6-7-9-14(13)24-5/h6-9,12H,10-11H2,1-5H3,(H2,19,20,22,23)/t12-/m1/s1. The lowest BCUT2D eigenvalue weighted by Gasteiger charge is -2.21. The Morgan fingerprint density at radius 3 is 2.40 bits per heavy atom. The third-order valence-electron chi connectivity index (χ3n) is 3.19. The molecular weight excluding hydrogens is 324 g/mol. The number of benzene rings is 1. The van der Waals surface area contributed by atoms with E-state index in [9.17, 15) is 14.4 Å². The Hall–Kier alpha value is -2.57. The number of esters is 1. The Morgan fingerprint density at radius 2 is 1.80 bits per heavy atom. The van der Waals surface area contributed by atoms with E-state index in [1.54, 1.807) is 27.9 Å². The molecule has 0 spiro atoms. The number of para-hydroxylation sites is 1. The van der Waals surface area contributed by atoms with E-state index in [0.717, 1.165) is 5.56 Å². The van der Waals surface area contributed by atoms with Gasteiger partial charge in [0.15, 0.2) is 6.10 Å². The zero-order valence-corrected chi connectivity index (χ0v) is 15.3. The summed E-state index contributed by atoms with van der Waals surface area (Å²) in [5.41, 5.74) is 0.405. The molecule has 1 rings (SSSR count). The molecule has 3 amide bonds. The first-order chi connectivity index (χ1) is 11.6. The summed E-state index contributed by atoms with van der Waals surface area (Å²) in [6.07, 6.45) is -0.524.